The molecule has 0 fully saturated rings. The summed E-state index contributed by atoms with van der Waals surface area (Å²) in [6, 6.07) is 65.8. The Morgan fingerprint density at radius 1 is 0.267 bits per heavy atom. The SMILES string of the molecule is c1ccc2c(c1)ccc1cc(-c3nc(-c4ccc(-c5ccc6ccc7oc8ccccc8c7c6c5)c5ccccc45)nc(-c4cccc5oc6ccccc6c45)n3)ccc12. The minimum Gasteiger partial charge on any atom is -0.456 e. The van der Waals surface area contributed by atoms with E-state index in [1.54, 1.807) is 0 Å². The molecule has 5 heteroatoms. The number of nitrogens with zero attached hydrogens (tertiary/aromatic N) is 3. The Hall–Kier alpha value is -8.15. The second kappa shape index (κ2) is 12.7. The lowest BCUT2D eigenvalue weighted by atomic mass is 9.92. The zero-order chi connectivity index (χ0) is 39.3. The van der Waals surface area contributed by atoms with E-state index >= 15 is 0 Å². The van der Waals surface area contributed by atoms with Gasteiger partial charge in [-0.05, 0) is 96.7 Å². The average molecular weight is 766 g/mol. The van der Waals surface area contributed by atoms with E-state index in [4.69, 9.17) is 23.8 Å². The standard InChI is InChI=1S/C55H31N3O2/c1-2-11-37-32(10-1)20-22-34-30-36(24-26-38(34)37)53-56-54(58-55(57-53)45-16-9-19-49-51(45)43-14-5-7-17-47(43)59-49)42-28-27-39(40-12-3-4-13-41(40)42)35-23-21-33-25-29-50-52(46(33)31-35)44-15-6-8-18-48(44)60-50/h1-31H. The van der Waals surface area contributed by atoms with E-state index in [0.29, 0.717) is 17.5 Å². The molecular weight excluding hydrogens is 735 g/mol. The van der Waals surface area contributed by atoms with Crippen molar-refractivity contribution in [3.05, 3.63) is 188 Å². The number of aromatic nitrogens is 3. The third-order valence-electron chi connectivity index (χ3n) is 12.1. The number of hydrogen-bond donors (Lipinski definition) is 0. The van der Waals surface area contributed by atoms with Crippen LogP contribution in [0, 0.1) is 0 Å². The summed E-state index contributed by atoms with van der Waals surface area (Å²) in [6.45, 7) is 0. The molecule has 10 aromatic carbocycles. The van der Waals surface area contributed by atoms with Crippen molar-refractivity contribution in [3.8, 4) is 45.3 Å². The van der Waals surface area contributed by atoms with Gasteiger partial charge in [0.2, 0.25) is 0 Å². The van der Waals surface area contributed by atoms with Gasteiger partial charge in [0.05, 0.1) is 0 Å². The maximum atomic E-state index is 6.33. The molecule has 0 bridgehead atoms. The third kappa shape index (κ3) is 4.96. The summed E-state index contributed by atoms with van der Waals surface area (Å²) >= 11 is 0. The van der Waals surface area contributed by atoms with Gasteiger partial charge in [-0.3, -0.25) is 0 Å². The lowest BCUT2D eigenvalue weighted by molar-refractivity contribution is 0.668. The van der Waals surface area contributed by atoms with Crippen LogP contribution in [0.1, 0.15) is 0 Å². The Balaban J connectivity index is 1.03. The predicted molar refractivity (Wildman–Crippen MR) is 246 cm³/mol. The molecule has 3 aromatic heterocycles. The minimum absolute atomic E-state index is 0.588. The molecule has 0 saturated heterocycles. The van der Waals surface area contributed by atoms with Gasteiger partial charge in [0.15, 0.2) is 17.5 Å². The van der Waals surface area contributed by atoms with Gasteiger partial charge in [0.1, 0.15) is 22.3 Å². The van der Waals surface area contributed by atoms with Gasteiger partial charge in [0, 0.05) is 38.2 Å². The zero-order valence-corrected chi connectivity index (χ0v) is 32.1. The molecule has 13 rings (SSSR count). The van der Waals surface area contributed by atoms with Crippen molar-refractivity contribution in [3.63, 3.8) is 0 Å². The van der Waals surface area contributed by atoms with Gasteiger partial charge in [0.25, 0.3) is 0 Å². The first-order valence-electron chi connectivity index (χ1n) is 20.2. The van der Waals surface area contributed by atoms with Crippen LogP contribution in [0.4, 0.5) is 0 Å². The second-order valence-electron chi connectivity index (χ2n) is 15.5. The molecule has 0 N–H and O–H groups in total. The molecule has 0 atom stereocenters. The maximum Gasteiger partial charge on any atom is 0.164 e. The van der Waals surface area contributed by atoms with E-state index in [1.165, 1.54) is 26.9 Å². The molecule has 0 unspecified atom stereocenters. The summed E-state index contributed by atoms with van der Waals surface area (Å²) in [5.74, 6) is 1.80. The number of para-hydroxylation sites is 2. The van der Waals surface area contributed by atoms with E-state index in [9.17, 15) is 0 Å². The Bertz CT molecular complexity index is 3910. The van der Waals surface area contributed by atoms with Crippen LogP contribution >= 0.6 is 0 Å². The number of furan rings is 2. The van der Waals surface area contributed by atoms with E-state index in [2.05, 4.69) is 146 Å². The molecule has 13 aromatic rings. The fourth-order valence-corrected chi connectivity index (χ4v) is 9.32. The molecule has 278 valence electrons. The first-order chi connectivity index (χ1) is 29.7. The summed E-state index contributed by atoms with van der Waals surface area (Å²) in [5, 5.41) is 13.5. The molecule has 0 aliphatic carbocycles. The first kappa shape index (κ1) is 32.9. The fourth-order valence-electron chi connectivity index (χ4n) is 9.32. The Labute approximate surface area is 342 Å². The molecule has 60 heavy (non-hydrogen) atoms. The van der Waals surface area contributed by atoms with Crippen LogP contribution in [0.5, 0.6) is 0 Å². The van der Waals surface area contributed by atoms with Crippen molar-refractivity contribution in [1.29, 1.82) is 0 Å². The minimum atomic E-state index is 0.588. The molecule has 0 spiro atoms. The fraction of sp³-hybridized carbons (Fsp3) is 0. The van der Waals surface area contributed by atoms with Crippen LogP contribution in [0.25, 0.3) is 132 Å². The third-order valence-corrected chi connectivity index (χ3v) is 12.1. The average Bonchev–Trinajstić information content (AvgIpc) is 3.90. The molecule has 0 amide bonds. The van der Waals surface area contributed by atoms with E-state index < -0.39 is 0 Å². The molecule has 0 radical (unpaired) electrons. The van der Waals surface area contributed by atoms with Crippen molar-refractivity contribution in [1.82, 2.24) is 15.0 Å². The lowest BCUT2D eigenvalue weighted by Crippen LogP contribution is -2.01. The van der Waals surface area contributed by atoms with Gasteiger partial charge in [-0.1, -0.05) is 146 Å². The van der Waals surface area contributed by atoms with Crippen molar-refractivity contribution in [2.45, 2.75) is 0 Å². The van der Waals surface area contributed by atoms with Gasteiger partial charge < -0.3 is 8.83 Å². The molecule has 5 nitrogen and oxygen atoms in total. The monoisotopic (exact) mass is 765 g/mol. The second-order valence-corrected chi connectivity index (χ2v) is 15.5. The van der Waals surface area contributed by atoms with E-state index in [-0.39, 0.29) is 0 Å². The predicted octanol–water partition coefficient (Wildman–Crippen LogP) is 15.0. The summed E-state index contributed by atoms with van der Waals surface area (Å²) in [7, 11) is 0. The topological polar surface area (TPSA) is 65.0 Å². The quantitative estimate of drug-likeness (QED) is 0.167. The number of benzene rings is 10. The van der Waals surface area contributed by atoms with Crippen LogP contribution in [0.2, 0.25) is 0 Å². The lowest BCUT2D eigenvalue weighted by Gasteiger charge is -2.14. The van der Waals surface area contributed by atoms with Gasteiger partial charge >= 0.3 is 0 Å². The van der Waals surface area contributed by atoms with Crippen molar-refractivity contribution in [2.24, 2.45) is 0 Å². The highest BCUT2D eigenvalue weighted by Gasteiger charge is 2.20. The normalized spacial score (nSPS) is 12.0. The highest BCUT2D eigenvalue weighted by molar-refractivity contribution is 6.20. The van der Waals surface area contributed by atoms with Crippen LogP contribution in [0.15, 0.2) is 197 Å². The summed E-state index contributed by atoms with van der Waals surface area (Å²) in [4.78, 5) is 15.9. The van der Waals surface area contributed by atoms with Gasteiger partial charge in [-0.15, -0.1) is 0 Å². The van der Waals surface area contributed by atoms with Crippen LogP contribution in [0.3, 0.4) is 0 Å². The highest BCUT2D eigenvalue weighted by Crippen LogP contribution is 2.41. The Morgan fingerprint density at radius 2 is 0.800 bits per heavy atom. The Kier molecular flexibility index (Phi) is 6.95. The van der Waals surface area contributed by atoms with E-state index in [0.717, 1.165) is 87.9 Å². The summed E-state index contributed by atoms with van der Waals surface area (Å²) in [6.07, 6.45) is 0. The van der Waals surface area contributed by atoms with Crippen molar-refractivity contribution < 1.29 is 8.83 Å². The molecule has 0 aliphatic rings. The van der Waals surface area contributed by atoms with Crippen molar-refractivity contribution in [2.75, 3.05) is 0 Å². The number of fused-ring (bicyclic) bond motifs is 12. The molecular formula is C55H31N3O2. The molecule has 0 aliphatic heterocycles. The largest absolute Gasteiger partial charge is 0.456 e. The maximum absolute atomic E-state index is 6.33. The van der Waals surface area contributed by atoms with Gasteiger partial charge in [-0.2, -0.15) is 0 Å². The van der Waals surface area contributed by atoms with Crippen molar-refractivity contribution >= 4 is 87.0 Å². The summed E-state index contributed by atoms with van der Waals surface area (Å²) < 4.78 is 12.6. The summed E-state index contributed by atoms with van der Waals surface area (Å²) in [5.41, 5.74) is 8.40. The van der Waals surface area contributed by atoms with Crippen LogP contribution in [-0.2, 0) is 0 Å². The van der Waals surface area contributed by atoms with E-state index in [1.807, 2.05) is 42.5 Å². The van der Waals surface area contributed by atoms with Crippen LogP contribution in [-0.4, -0.2) is 15.0 Å². The smallest absolute Gasteiger partial charge is 0.164 e. The molecule has 3 heterocycles. The zero-order valence-electron chi connectivity index (χ0n) is 32.1. The number of hydrogen-bond acceptors (Lipinski definition) is 5. The highest BCUT2D eigenvalue weighted by atomic mass is 16.3. The molecule has 0 saturated carbocycles. The first-order valence-corrected chi connectivity index (χ1v) is 20.2. The van der Waals surface area contributed by atoms with Gasteiger partial charge in [-0.25, -0.2) is 15.0 Å². The van der Waals surface area contributed by atoms with Crippen LogP contribution < -0.4 is 0 Å². The number of rotatable bonds is 4. The Morgan fingerprint density at radius 3 is 1.62 bits per heavy atom.